The van der Waals surface area contributed by atoms with Gasteiger partial charge in [-0.2, -0.15) is 0 Å². The number of aromatic nitrogens is 2. The summed E-state index contributed by atoms with van der Waals surface area (Å²) in [6.07, 6.45) is 3.10. The Bertz CT molecular complexity index is 610. The van der Waals surface area contributed by atoms with Crippen molar-refractivity contribution in [3.8, 4) is 5.69 Å². The lowest BCUT2D eigenvalue weighted by Gasteiger charge is -2.11. The van der Waals surface area contributed by atoms with Crippen LogP contribution in [-0.2, 0) is 4.79 Å². The molecule has 0 saturated heterocycles. The van der Waals surface area contributed by atoms with Crippen LogP contribution in [0.4, 0.5) is 0 Å². The second kappa shape index (κ2) is 5.04. The van der Waals surface area contributed by atoms with E-state index in [2.05, 4.69) is 4.98 Å². The lowest BCUT2D eigenvalue weighted by atomic mass is 9.98. The van der Waals surface area contributed by atoms with Gasteiger partial charge in [-0.3, -0.25) is 4.57 Å². The molecule has 0 saturated carbocycles. The van der Waals surface area contributed by atoms with Gasteiger partial charge in [-0.15, -0.1) is 0 Å². The van der Waals surface area contributed by atoms with Gasteiger partial charge >= 0.3 is 5.69 Å². The molecule has 4 heteroatoms. The van der Waals surface area contributed by atoms with E-state index in [0.717, 1.165) is 23.2 Å². The summed E-state index contributed by atoms with van der Waals surface area (Å²) < 4.78 is 1.62. The highest BCUT2D eigenvalue weighted by atomic mass is 16.1. The zero-order chi connectivity index (χ0) is 13.1. The summed E-state index contributed by atoms with van der Waals surface area (Å²) in [5.41, 5.74) is 2.61. The van der Waals surface area contributed by atoms with Crippen LogP contribution >= 0.6 is 0 Å². The molecule has 4 nitrogen and oxygen atoms in total. The lowest BCUT2D eigenvalue weighted by Crippen LogP contribution is -2.16. The van der Waals surface area contributed by atoms with E-state index in [-0.39, 0.29) is 11.6 Å². The molecule has 2 aromatic rings. The van der Waals surface area contributed by atoms with E-state index >= 15 is 0 Å². The first-order valence-corrected chi connectivity index (χ1v) is 5.94. The first kappa shape index (κ1) is 12.4. The molecular formula is C14H16N2O2. The van der Waals surface area contributed by atoms with Crippen LogP contribution in [0.15, 0.2) is 35.3 Å². The van der Waals surface area contributed by atoms with Crippen LogP contribution in [0.25, 0.3) is 5.69 Å². The maximum Gasteiger partial charge on any atom is 0.330 e. The molecule has 1 N–H and O–H groups in total. The van der Waals surface area contributed by atoms with Crippen molar-refractivity contribution < 1.29 is 4.79 Å². The molecule has 1 unspecified atom stereocenters. The number of imidazole rings is 1. The quantitative estimate of drug-likeness (QED) is 0.838. The average Bonchev–Trinajstić information content (AvgIpc) is 2.69. The predicted molar refractivity (Wildman–Crippen MR) is 70.2 cm³/mol. The van der Waals surface area contributed by atoms with Crippen molar-refractivity contribution in [1.82, 2.24) is 9.55 Å². The van der Waals surface area contributed by atoms with Gasteiger partial charge in [-0.05, 0) is 30.5 Å². The van der Waals surface area contributed by atoms with E-state index in [4.69, 9.17) is 0 Å². The number of H-pyrrole nitrogens is 1. The summed E-state index contributed by atoms with van der Waals surface area (Å²) in [5, 5.41) is 0. The summed E-state index contributed by atoms with van der Waals surface area (Å²) in [5.74, 6) is 0.164. The number of benzene rings is 1. The molecular weight excluding hydrogens is 228 g/mol. The van der Waals surface area contributed by atoms with Crippen LogP contribution in [0.2, 0.25) is 0 Å². The molecule has 1 aromatic carbocycles. The third-order valence-electron chi connectivity index (χ3n) is 3.11. The normalized spacial score (nSPS) is 12.3. The predicted octanol–water partition coefficient (Wildman–Crippen LogP) is 2.17. The van der Waals surface area contributed by atoms with E-state index in [1.807, 2.05) is 38.1 Å². The Labute approximate surface area is 105 Å². The SMILES string of the molecule is Cc1c[nH]c(=O)n1-c1cccc(C(C)CC=O)c1. The van der Waals surface area contributed by atoms with Crippen molar-refractivity contribution in [1.29, 1.82) is 0 Å². The average molecular weight is 244 g/mol. The van der Waals surface area contributed by atoms with Crippen LogP contribution in [0, 0.1) is 6.92 Å². The number of aromatic amines is 1. The smallest absolute Gasteiger partial charge is 0.312 e. The Balaban J connectivity index is 2.45. The Hall–Kier alpha value is -2.10. The summed E-state index contributed by atoms with van der Waals surface area (Å²) in [4.78, 5) is 24.9. The highest BCUT2D eigenvalue weighted by Gasteiger charge is 2.08. The fourth-order valence-electron chi connectivity index (χ4n) is 2.03. The fourth-order valence-corrected chi connectivity index (χ4v) is 2.03. The molecule has 1 aromatic heterocycles. The van der Waals surface area contributed by atoms with Gasteiger partial charge in [-0.1, -0.05) is 19.1 Å². The number of aldehydes is 1. The Morgan fingerprint density at radius 3 is 2.83 bits per heavy atom. The fraction of sp³-hybridized carbons (Fsp3) is 0.286. The summed E-state index contributed by atoms with van der Waals surface area (Å²) in [6, 6.07) is 7.73. The molecule has 0 aliphatic carbocycles. The van der Waals surface area contributed by atoms with Gasteiger partial charge in [0.15, 0.2) is 0 Å². The third-order valence-corrected chi connectivity index (χ3v) is 3.11. The van der Waals surface area contributed by atoms with Crippen molar-refractivity contribution in [2.75, 3.05) is 0 Å². The van der Waals surface area contributed by atoms with E-state index < -0.39 is 0 Å². The van der Waals surface area contributed by atoms with E-state index in [9.17, 15) is 9.59 Å². The molecule has 1 heterocycles. The minimum atomic E-state index is -0.146. The van der Waals surface area contributed by atoms with Gasteiger partial charge in [0.05, 0.1) is 5.69 Å². The van der Waals surface area contributed by atoms with Crippen molar-refractivity contribution >= 4 is 6.29 Å². The van der Waals surface area contributed by atoms with E-state index in [1.54, 1.807) is 10.8 Å². The van der Waals surface area contributed by atoms with E-state index in [0.29, 0.717) is 6.42 Å². The van der Waals surface area contributed by atoms with Crippen LogP contribution in [0.1, 0.15) is 30.5 Å². The highest BCUT2D eigenvalue weighted by Crippen LogP contribution is 2.20. The summed E-state index contributed by atoms with van der Waals surface area (Å²) >= 11 is 0. The van der Waals surface area contributed by atoms with Crippen molar-refractivity contribution in [3.05, 3.63) is 52.2 Å². The van der Waals surface area contributed by atoms with Crippen LogP contribution in [0.5, 0.6) is 0 Å². The number of aryl methyl sites for hydroxylation is 1. The zero-order valence-corrected chi connectivity index (χ0v) is 10.5. The Kier molecular flexibility index (Phi) is 3.46. The topological polar surface area (TPSA) is 54.9 Å². The van der Waals surface area contributed by atoms with Gasteiger partial charge in [0.2, 0.25) is 0 Å². The molecule has 0 amide bonds. The first-order valence-electron chi connectivity index (χ1n) is 5.94. The molecule has 1 atom stereocenters. The largest absolute Gasteiger partial charge is 0.330 e. The molecule has 0 spiro atoms. The van der Waals surface area contributed by atoms with Gasteiger partial charge in [-0.25, -0.2) is 4.79 Å². The first-order chi connectivity index (χ1) is 8.63. The van der Waals surface area contributed by atoms with Crippen LogP contribution in [-0.4, -0.2) is 15.8 Å². The zero-order valence-electron chi connectivity index (χ0n) is 10.5. The van der Waals surface area contributed by atoms with E-state index in [1.165, 1.54) is 0 Å². The van der Waals surface area contributed by atoms with Gasteiger partial charge in [0.1, 0.15) is 6.29 Å². The molecule has 94 valence electrons. The van der Waals surface area contributed by atoms with Crippen LogP contribution < -0.4 is 5.69 Å². The van der Waals surface area contributed by atoms with Crippen LogP contribution in [0.3, 0.4) is 0 Å². The number of rotatable bonds is 4. The maximum absolute atomic E-state index is 11.7. The second-order valence-corrected chi connectivity index (χ2v) is 4.47. The molecule has 0 aliphatic rings. The Morgan fingerprint density at radius 2 is 2.22 bits per heavy atom. The molecule has 0 bridgehead atoms. The van der Waals surface area contributed by atoms with Gasteiger partial charge < -0.3 is 9.78 Å². The molecule has 0 radical (unpaired) electrons. The summed E-state index contributed by atoms with van der Waals surface area (Å²) in [7, 11) is 0. The standard InChI is InChI=1S/C14H16N2O2/c1-10(6-7-17)12-4-3-5-13(8-12)16-11(2)9-15-14(16)18/h3-5,7-10H,6H2,1-2H3,(H,15,18). The maximum atomic E-state index is 11.7. The Morgan fingerprint density at radius 1 is 1.44 bits per heavy atom. The van der Waals surface area contributed by atoms with Gasteiger partial charge in [0, 0.05) is 18.3 Å². The number of nitrogens with one attached hydrogen (secondary N) is 1. The minimum Gasteiger partial charge on any atom is -0.312 e. The number of carbonyl (C=O) groups is 1. The molecule has 0 aliphatic heterocycles. The number of hydrogen-bond donors (Lipinski definition) is 1. The van der Waals surface area contributed by atoms with Gasteiger partial charge in [0.25, 0.3) is 0 Å². The number of hydrogen-bond acceptors (Lipinski definition) is 2. The van der Waals surface area contributed by atoms with Crippen molar-refractivity contribution in [3.63, 3.8) is 0 Å². The number of carbonyl (C=O) groups excluding carboxylic acids is 1. The monoisotopic (exact) mass is 244 g/mol. The lowest BCUT2D eigenvalue weighted by molar-refractivity contribution is -0.108. The summed E-state index contributed by atoms with van der Waals surface area (Å²) in [6.45, 7) is 3.87. The molecule has 18 heavy (non-hydrogen) atoms. The second-order valence-electron chi connectivity index (χ2n) is 4.47. The van der Waals surface area contributed by atoms with Crippen molar-refractivity contribution in [2.24, 2.45) is 0 Å². The van der Waals surface area contributed by atoms with Crippen molar-refractivity contribution in [2.45, 2.75) is 26.2 Å². The molecule has 2 rings (SSSR count). The third kappa shape index (κ3) is 2.27. The number of nitrogens with zero attached hydrogens (tertiary/aromatic N) is 1. The highest BCUT2D eigenvalue weighted by molar-refractivity contribution is 5.52. The minimum absolute atomic E-state index is 0.146. The molecule has 0 fully saturated rings.